The van der Waals surface area contributed by atoms with Crippen molar-refractivity contribution in [2.45, 2.75) is 40.8 Å². The minimum atomic E-state index is -2.52. The molecule has 1 heterocycles. The van der Waals surface area contributed by atoms with Gasteiger partial charge in [-0.05, 0) is 52.0 Å². The van der Waals surface area contributed by atoms with E-state index in [4.69, 9.17) is 13.3 Å². The number of rotatable bonds is 8. The molecule has 1 saturated carbocycles. The van der Waals surface area contributed by atoms with E-state index in [9.17, 15) is 0 Å². The first-order valence-electron chi connectivity index (χ1n) is 8.21. The smallest absolute Gasteiger partial charge is 0.377 e. The SMILES string of the molecule is CO[Si](OC)(OC)C1CCCC(SSSc2nc3ccccc3s2)C1. The van der Waals surface area contributed by atoms with Crippen LogP contribution in [0.4, 0.5) is 0 Å². The van der Waals surface area contributed by atoms with Crippen LogP contribution in [0.3, 0.4) is 0 Å². The fraction of sp³-hybridized carbons (Fsp3) is 0.562. The summed E-state index contributed by atoms with van der Waals surface area (Å²) in [6.07, 6.45) is 4.68. The van der Waals surface area contributed by atoms with Crippen molar-refractivity contribution in [2.24, 2.45) is 0 Å². The Morgan fingerprint density at radius 1 is 1.12 bits per heavy atom. The molecule has 2 aromatic rings. The van der Waals surface area contributed by atoms with Crippen molar-refractivity contribution in [3.63, 3.8) is 0 Å². The lowest BCUT2D eigenvalue weighted by Crippen LogP contribution is -2.49. The molecule has 4 nitrogen and oxygen atoms in total. The molecule has 0 aliphatic heterocycles. The monoisotopic (exact) mass is 433 g/mol. The Bertz CT molecular complexity index is 641. The van der Waals surface area contributed by atoms with Gasteiger partial charge in [-0.1, -0.05) is 29.3 Å². The van der Waals surface area contributed by atoms with Gasteiger partial charge in [-0.25, -0.2) is 4.98 Å². The summed E-state index contributed by atoms with van der Waals surface area (Å²) in [6, 6.07) is 8.31. The van der Waals surface area contributed by atoms with E-state index in [0.29, 0.717) is 10.8 Å². The molecule has 1 aliphatic rings. The highest BCUT2D eigenvalue weighted by atomic mass is 33.5. The Kier molecular flexibility index (Phi) is 7.56. The summed E-state index contributed by atoms with van der Waals surface area (Å²) in [5.74, 6) is 0. The number of hydrogen-bond acceptors (Lipinski definition) is 8. The zero-order valence-electron chi connectivity index (χ0n) is 14.6. The quantitative estimate of drug-likeness (QED) is 0.380. The Morgan fingerprint density at radius 2 is 1.88 bits per heavy atom. The van der Waals surface area contributed by atoms with Crippen LogP contribution in [0.5, 0.6) is 0 Å². The topological polar surface area (TPSA) is 40.6 Å². The van der Waals surface area contributed by atoms with E-state index in [0.717, 1.165) is 22.7 Å². The van der Waals surface area contributed by atoms with Crippen LogP contribution in [0, 0.1) is 0 Å². The maximum atomic E-state index is 5.70. The molecule has 0 bridgehead atoms. The molecule has 138 valence electrons. The maximum Gasteiger partial charge on any atom is 0.503 e. The molecule has 0 N–H and O–H groups in total. The largest absolute Gasteiger partial charge is 0.503 e. The maximum absolute atomic E-state index is 5.70. The number of fused-ring (bicyclic) bond motifs is 1. The van der Waals surface area contributed by atoms with Crippen LogP contribution < -0.4 is 0 Å². The molecule has 2 atom stereocenters. The van der Waals surface area contributed by atoms with Crippen molar-refractivity contribution in [1.29, 1.82) is 0 Å². The van der Waals surface area contributed by atoms with E-state index >= 15 is 0 Å². The minimum Gasteiger partial charge on any atom is -0.377 e. The predicted molar refractivity (Wildman–Crippen MR) is 113 cm³/mol. The summed E-state index contributed by atoms with van der Waals surface area (Å²) in [6.45, 7) is 0. The average molecular weight is 434 g/mol. The molecule has 1 aromatic heterocycles. The third-order valence-corrected chi connectivity index (χ3v) is 13.5. The molecule has 25 heavy (non-hydrogen) atoms. The average Bonchev–Trinajstić information content (AvgIpc) is 3.07. The van der Waals surface area contributed by atoms with Crippen LogP contribution in [0.15, 0.2) is 28.6 Å². The third-order valence-electron chi connectivity index (χ3n) is 4.53. The van der Waals surface area contributed by atoms with Crippen LogP contribution in [0.1, 0.15) is 25.7 Å². The van der Waals surface area contributed by atoms with Crippen molar-refractivity contribution in [3.05, 3.63) is 24.3 Å². The van der Waals surface area contributed by atoms with Crippen molar-refractivity contribution >= 4 is 61.8 Å². The van der Waals surface area contributed by atoms with Crippen molar-refractivity contribution in [3.8, 4) is 0 Å². The third kappa shape index (κ3) is 4.76. The standard InChI is InChI=1S/C16H23NO3S4Si/c1-18-25(19-2,20-3)13-8-6-7-12(11-13)22-24-23-16-17-14-9-4-5-10-15(14)21-16/h4-5,9-10,12-13H,6-8,11H2,1-3H3. The second-order valence-electron chi connectivity index (χ2n) is 5.90. The van der Waals surface area contributed by atoms with Crippen LogP contribution in [-0.2, 0) is 13.3 Å². The van der Waals surface area contributed by atoms with Crippen molar-refractivity contribution in [2.75, 3.05) is 21.3 Å². The van der Waals surface area contributed by atoms with Crippen molar-refractivity contribution < 1.29 is 13.3 Å². The fourth-order valence-electron chi connectivity index (χ4n) is 3.29. The lowest BCUT2D eigenvalue weighted by Gasteiger charge is -2.37. The number of benzene rings is 1. The van der Waals surface area contributed by atoms with E-state index < -0.39 is 8.80 Å². The summed E-state index contributed by atoms with van der Waals surface area (Å²) in [4.78, 5) is 4.68. The van der Waals surface area contributed by atoms with Crippen LogP contribution in [0.2, 0.25) is 5.54 Å². The zero-order chi connectivity index (χ0) is 17.7. The van der Waals surface area contributed by atoms with Crippen LogP contribution in [0.25, 0.3) is 10.2 Å². The molecular weight excluding hydrogens is 411 g/mol. The first-order valence-corrected chi connectivity index (χ1v) is 14.4. The summed E-state index contributed by atoms with van der Waals surface area (Å²) >= 11 is 1.76. The van der Waals surface area contributed by atoms with Crippen molar-refractivity contribution in [1.82, 2.24) is 4.98 Å². The number of aromatic nitrogens is 1. The molecule has 0 amide bonds. The van der Waals surface area contributed by atoms with Gasteiger partial charge >= 0.3 is 8.80 Å². The number of hydrogen-bond donors (Lipinski definition) is 0. The van der Waals surface area contributed by atoms with Crippen LogP contribution in [-0.4, -0.2) is 40.4 Å². The van der Waals surface area contributed by atoms with Gasteiger partial charge in [-0.2, -0.15) is 0 Å². The van der Waals surface area contributed by atoms with Gasteiger partial charge in [0.05, 0.1) is 10.2 Å². The molecule has 0 radical (unpaired) electrons. The van der Waals surface area contributed by atoms with Gasteiger partial charge in [0.25, 0.3) is 0 Å². The molecular formula is C16H23NO3S4Si. The molecule has 3 rings (SSSR count). The highest BCUT2D eigenvalue weighted by Gasteiger charge is 2.48. The van der Waals surface area contributed by atoms with Gasteiger partial charge < -0.3 is 13.3 Å². The van der Waals surface area contributed by atoms with Crippen LogP contribution >= 0.6 is 42.8 Å². The summed E-state index contributed by atoms with van der Waals surface area (Å²) < 4.78 is 19.5. The fourth-order valence-corrected chi connectivity index (χ4v) is 12.3. The Labute approximate surface area is 166 Å². The lowest BCUT2D eigenvalue weighted by atomic mass is 9.99. The van der Waals surface area contributed by atoms with Gasteiger partial charge in [0, 0.05) is 32.1 Å². The molecule has 0 spiro atoms. The normalized spacial score (nSPS) is 21.7. The number of para-hydroxylation sites is 1. The molecule has 1 aromatic carbocycles. The number of nitrogens with zero attached hydrogens (tertiary/aromatic N) is 1. The van der Waals surface area contributed by atoms with E-state index in [-0.39, 0.29) is 0 Å². The van der Waals surface area contributed by atoms with Gasteiger partial charge in [-0.3, -0.25) is 0 Å². The summed E-state index contributed by atoms with van der Waals surface area (Å²) in [7, 11) is 8.19. The molecule has 1 aliphatic carbocycles. The minimum absolute atomic E-state index is 0.395. The highest BCUT2D eigenvalue weighted by molar-refractivity contribution is 9.09. The van der Waals surface area contributed by atoms with E-state index in [1.165, 1.54) is 17.5 Å². The molecule has 9 heteroatoms. The zero-order valence-corrected chi connectivity index (χ0v) is 18.9. The molecule has 1 fully saturated rings. The van der Waals surface area contributed by atoms with Gasteiger partial charge in [-0.15, -0.1) is 11.3 Å². The van der Waals surface area contributed by atoms with Gasteiger partial charge in [0.2, 0.25) is 0 Å². The van der Waals surface area contributed by atoms with E-state index in [1.807, 2.05) is 26.7 Å². The Hall–Kier alpha value is 0.257. The predicted octanol–water partition coefficient (Wildman–Crippen LogP) is 5.88. The molecule has 2 unspecified atom stereocenters. The Balaban J connectivity index is 1.52. The Morgan fingerprint density at radius 3 is 2.60 bits per heavy atom. The summed E-state index contributed by atoms with van der Waals surface area (Å²) in [5, 5.41) is 0.609. The summed E-state index contributed by atoms with van der Waals surface area (Å²) in [5.41, 5.74) is 1.49. The lowest BCUT2D eigenvalue weighted by molar-refractivity contribution is 0.105. The second kappa shape index (κ2) is 9.45. The highest BCUT2D eigenvalue weighted by Crippen LogP contribution is 2.50. The van der Waals surface area contributed by atoms with E-state index in [1.54, 1.807) is 43.5 Å². The van der Waals surface area contributed by atoms with Gasteiger partial charge in [0.15, 0.2) is 4.34 Å². The van der Waals surface area contributed by atoms with E-state index in [2.05, 4.69) is 23.2 Å². The first-order chi connectivity index (χ1) is 12.2. The van der Waals surface area contributed by atoms with Gasteiger partial charge in [0.1, 0.15) is 0 Å². The first kappa shape index (κ1) is 20.0. The molecule has 0 saturated heterocycles. The number of thiazole rings is 1. The second-order valence-corrected chi connectivity index (χ2v) is 14.7.